The van der Waals surface area contributed by atoms with E-state index in [0.717, 1.165) is 5.56 Å². The Bertz CT molecular complexity index is 653. The van der Waals surface area contributed by atoms with Crippen LogP contribution < -0.4 is 5.32 Å². The number of benzene rings is 2. The summed E-state index contributed by atoms with van der Waals surface area (Å²) in [5, 5.41) is 2.79. The first-order valence-corrected chi connectivity index (χ1v) is 8.12. The van der Waals surface area contributed by atoms with Crippen LogP contribution in [0.5, 0.6) is 0 Å². The lowest BCUT2D eigenvalue weighted by Gasteiger charge is -2.19. The smallest absolute Gasteiger partial charge is 0.328 e. The van der Waals surface area contributed by atoms with E-state index in [-0.39, 0.29) is 18.4 Å². The van der Waals surface area contributed by atoms with Crippen LogP contribution >= 0.6 is 0 Å². The fourth-order valence-corrected chi connectivity index (χ4v) is 2.35. The van der Waals surface area contributed by atoms with Crippen LogP contribution in [-0.2, 0) is 16.1 Å². The molecule has 0 saturated carbocycles. The van der Waals surface area contributed by atoms with Crippen LogP contribution in [0.25, 0.3) is 0 Å². The summed E-state index contributed by atoms with van der Waals surface area (Å²) in [5.41, 5.74) is 1.45. The van der Waals surface area contributed by atoms with E-state index in [1.807, 2.05) is 50.2 Å². The molecule has 0 aliphatic carbocycles. The first-order chi connectivity index (χ1) is 11.6. The van der Waals surface area contributed by atoms with Gasteiger partial charge in [0.05, 0.1) is 0 Å². The van der Waals surface area contributed by atoms with Gasteiger partial charge in [0.1, 0.15) is 12.6 Å². The van der Waals surface area contributed by atoms with Crippen LogP contribution in [0.15, 0.2) is 60.7 Å². The Kier molecular flexibility index (Phi) is 6.55. The Morgan fingerprint density at radius 2 is 1.54 bits per heavy atom. The fraction of sp³-hybridized carbons (Fsp3) is 0.300. The molecule has 4 heteroatoms. The molecule has 24 heavy (non-hydrogen) atoms. The molecule has 4 nitrogen and oxygen atoms in total. The maximum atomic E-state index is 12.4. The largest absolute Gasteiger partial charge is 0.459 e. The van der Waals surface area contributed by atoms with Gasteiger partial charge in [-0.3, -0.25) is 4.79 Å². The molecule has 2 rings (SSSR count). The van der Waals surface area contributed by atoms with Crippen molar-refractivity contribution in [2.75, 3.05) is 0 Å². The Labute approximate surface area is 142 Å². The van der Waals surface area contributed by atoms with Gasteiger partial charge in [0, 0.05) is 5.56 Å². The first kappa shape index (κ1) is 17.7. The highest BCUT2D eigenvalue weighted by Crippen LogP contribution is 2.10. The average molecular weight is 325 g/mol. The SMILES string of the molecule is CC(C)C[C@H](NC(=O)c1ccccc1)C(=O)OCc1ccccc1. The van der Waals surface area contributed by atoms with Gasteiger partial charge in [0.25, 0.3) is 5.91 Å². The van der Waals surface area contributed by atoms with Crippen LogP contribution in [0, 0.1) is 5.92 Å². The molecule has 0 aromatic heterocycles. The summed E-state index contributed by atoms with van der Waals surface area (Å²) in [7, 11) is 0. The average Bonchev–Trinajstić information content (AvgIpc) is 2.60. The molecule has 0 unspecified atom stereocenters. The molecule has 0 fully saturated rings. The number of ether oxygens (including phenoxy) is 1. The Hall–Kier alpha value is -2.62. The van der Waals surface area contributed by atoms with Gasteiger partial charge in [0.2, 0.25) is 0 Å². The zero-order chi connectivity index (χ0) is 17.4. The molecule has 1 amide bonds. The van der Waals surface area contributed by atoms with Gasteiger partial charge in [-0.05, 0) is 30.0 Å². The molecule has 1 N–H and O–H groups in total. The summed E-state index contributed by atoms with van der Waals surface area (Å²) in [6.07, 6.45) is 0.534. The van der Waals surface area contributed by atoms with E-state index < -0.39 is 12.0 Å². The van der Waals surface area contributed by atoms with Crippen molar-refractivity contribution in [2.45, 2.75) is 32.9 Å². The van der Waals surface area contributed by atoms with Crippen molar-refractivity contribution in [2.24, 2.45) is 5.92 Å². The fourth-order valence-electron chi connectivity index (χ4n) is 2.35. The Morgan fingerprint density at radius 3 is 2.12 bits per heavy atom. The molecular weight excluding hydrogens is 302 g/mol. The van der Waals surface area contributed by atoms with Gasteiger partial charge in [-0.15, -0.1) is 0 Å². The lowest BCUT2D eigenvalue weighted by molar-refractivity contribution is -0.147. The number of carbonyl (C=O) groups is 2. The van der Waals surface area contributed by atoms with Crippen molar-refractivity contribution in [3.05, 3.63) is 71.8 Å². The summed E-state index contributed by atoms with van der Waals surface area (Å²) in [5.74, 6) is -0.412. The maximum Gasteiger partial charge on any atom is 0.328 e. The Balaban J connectivity index is 1.99. The molecule has 0 radical (unpaired) electrons. The summed E-state index contributed by atoms with van der Waals surface area (Å²) < 4.78 is 5.37. The van der Waals surface area contributed by atoms with Crippen molar-refractivity contribution in [1.82, 2.24) is 5.32 Å². The number of hydrogen-bond donors (Lipinski definition) is 1. The monoisotopic (exact) mass is 325 g/mol. The molecule has 0 aliphatic rings. The van der Waals surface area contributed by atoms with E-state index in [1.54, 1.807) is 24.3 Å². The number of esters is 1. The van der Waals surface area contributed by atoms with Gasteiger partial charge in [-0.25, -0.2) is 4.79 Å². The van der Waals surface area contributed by atoms with E-state index in [1.165, 1.54) is 0 Å². The second-order valence-electron chi connectivity index (χ2n) is 6.11. The molecule has 0 bridgehead atoms. The van der Waals surface area contributed by atoms with Crippen LogP contribution in [0.2, 0.25) is 0 Å². The number of nitrogens with one attached hydrogen (secondary N) is 1. The number of hydrogen-bond acceptors (Lipinski definition) is 3. The third-order valence-electron chi connectivity index (χ3n) is 3.56. The van der Waals surface area contributed by atoms with Crippen LogP contribution in [0.4, 0.5) is 0 Å². The predicted molar refractivity (Wildman–Crippen MR) is 93.4 cm³/mol. The molecule has 0 aliphatic heterocycles. The first-order valence-electron chi connectivity index (χ1n) is 8.12. The van der Waals surface area contributed by atoms with Crippen molar-refractivity contribution in [1.29, 1.82) is 0 Å². The second kappa shape index (κ2) is 8.87. The normalized spacial score (nSPS) is 11.8. The van der Waals surface area contributed by atoms with E-state index in [0.29, 0.717) is 12.0 Å². The van der Waals surface area contributed by atoms with Gasteiger partial charge in [-0.2, -0.15) is 0 Å². The Morgan fingerprint density at radius 1 is 0.958 bits per heavy atom. The second-order valence-corrected chi connectivity index (χ2v) is 6.11. The highest BCUT2D eigenvalue weighted by atomic mass is 16.5. The third-order valence-corrected chi connectivity index (χ3v) is 3.56. The number of rotatable bonds is 7. The van der Waals surface area contributed by atoms with Crippen molar-refractivity contribution >= 4 is 11.9 Å². The maximum absolute atomic E-state index is 12.4. The minimum absolute atomic E-state index is 0.204. The molecule has 0 spiro atoms. The molecular formula is C20H23NO3. The minimum atomic E-state index is -0.651. The lowest BCUT2D eigenvalue weighted by atomic mass is 10.0. The molecule has 0 heterocycles. The van der Waals surface area contributed by atoms with E-state index in [2.05, 4.69) is 5.32 Å². The van der Waals surface area contributed by atoms with Crippen LogP contribution in [0.3, 0.4) is 0 Å². The van der Waals surface area contributed by atoms with Gasteiger partial charge < -0.3 is 10.1 Å². The zero-order valence-corrected chi connectivity index (χ0v) is 14.1. The quantitative estimate of drug-likeness (QED) is 0.792. The summed E-state index contributed by atoms with van der Waals surface area (Å²) in [6.45, 7) is 4.22. The third kappa shape index (κ3) is 5.54. The van der Waals surface area contributed by atoms with E-state index >= 15 is 0 Å². The summed E-state index contributed by atoms with van der Waals surface area (Å²) in [4.78, 5) is 24.7. The predicted octanol–water partition coefficient (Wildman–Crippen LogP) is 3.57. The highest BCUT2D eigenvalue weighted by Gasteiger charge is 2.24. The zero-order valence-electron chi connectivity index (χ0n) is 14.1. The molecule has 2 aromatic carbocycles. The lowest BCUT2D eigenvalue weighted by Crippen LogP contribution is -2.42. The standard InChI is InChI=1S/C20H23NO3/c1-15(2)13-18(21-19(22)17-11-7-4-8-12-17)20(23)24-14-16-9-5-3-6-10-16/h3-12,15,18H,13-14H2,1-2H3,(H,21,22)/t18-/m0/s1. The van der Waals surface area contributed by atoms with Gasteiger partial charge >= 0.3 is 5.97 Å². The highest BCUT2D eigenvalue weighted by molar-refractivity contribution is 5.96. The topological polar surface area (TPSA) is 55.4 Å². The molecule has 126 valence electrons. The van der Waals surface area contributed by atoms with E-state index in [4.69, 9.17) is 4.74 Å². The van der Waals surface area contributed by atoms with Gasteiger partial charge in [-0.1, -0.05) is 62.4 Å². The number of carbonyl (C=O) groups excluding carboxylic acids is 2. The van der Waals surface area contributed by atoms with Crippen molar-refractivity contribution < 1.29 is 14.3 Å². The summed E-state index contributed by atoms with van der Waals surface area (Å²) >= 11 is 0. The number of amides is 1. The summed E-state index contributed by atoms with van der Waals surface area (Å²) in [6, 6.07) is 17.7. The molecule has 1 atom stereocenters. The minimum Gasteiger partial charge on any atom is -0.459 e. The van der Waals surface area contributed by atoms with Crippen LogP contribution in [-0.4, -0.2) is 17.9 Å². The van der Waals surface area contributed by atoms with E-state index in [9.17, 15) is 9.59 Å². The van der Waals surface area contributed by atoms with Crippen molar-refractivity contribution in [3.63, 3.8) is 0 Å². The van der Waals surface area contributed by atoms with Crippen LogP contribution in [0.1, 0.15) is 36.2 Å². The van der Waals surface area contributed by atoms with Crippen molar-refractivity contribution in [3.8, 4) is 0 Å². The molecule has 0 saturated heterocycles. The molecule has 2 aromatic rings. The van der Waals surface area contributed by atoms with Gasteiger partial charge in [0.15, 0.2) is 0 Å².